The number of hydrogen-bond acceptors (Lipinski definition) is 3. The quantitative estimate of drug-likeness (QED) is 0.347. The van der Waals surface area contributed by atoms with E-state index < -0.39 is 10.4 Å². The highest BCUT2D eigenvalue weighted by molar-refractivity contribution is 7.79. The van der Waals surface area contributed by atoms with Crippen LogP contribution >= 0.6 is 0 Å². The minimum Gasteiger partial charge on any atom is -0.726 e. The van der Waals surface area contributed by atoms with Gasteiger partial charge in [0.15, 0.2) is 0 Å². The Labute approximate surface area is 71.5 Å². The zero-order chi connectivity index (χ0) is 9.61. The fraction of sp³-hybridized carbons (Fsp3) is 0. The van der Waals surface area contributed by atoms with Crippen LogP contribution in [0, 0.1) is 6.42 Å². The third-order valence-electron chi connectivity index (χ3n) is 0.843. The zero-order valence-corrected chi connectivity index (χ0v) is 6.99. The van der Waals surface area contributed by atoms with Crippen LogP contribution < -0.4 is 0 Å². The summed E-state index contributed by atoms with van der Waals surface area (Å²) in [4.78, 5) is 0. The van der Waals surface area contributed by atoms with E-state index in [1.54, 1.807) is 0 Å². The summed E-state index contributed by atoms with van der Waals surface area (Å²) in [6.07, 6.45) is 9.87. The summed E-state index contributed by atoms with van der Waals surface area (Å²) in [7, 11) is -4.92. The van der Waals surface area contributed by atoms with Crippen LogP contribution in [0.25, 0.3) is 0 Å². The first kappa shape index (κ1) is 11.0. The minimum atomic E-state index is -4.92. The van der Waals surface area contributed by atoms with Crippen LogP contribution in [0.15, 0.2) is 36.5 Å². The molecule has 1 aliphatic carbocycles. The average molecular weight is 188 g/mol. The van der Waals surface area contributed by atoms with Gasteiger partial charge in [0.25, 0.3) is 0 Å². The van der Waals surface area contributed by atoms with Crippen molar-refractivity contribution in [3.8, 4) is 0 Å². The van der Waals surface area contributed by atoms with Gasteiger partial charge in [-0.1, -0.05) is 0 Å². The highest BCUT2D eigenvalue weighted by Crippen LogP contribution is 2.03. The average Bonchev–Trinajstić information content (AvgIpc) is 1.85. The second-order valence-corrected chi connectivity index (χ2v) is 2.77. The predicted molar refractivity (Wildman–Crippen MR) is 44.0 cm³/mol. The van der Waals surface area contributed by atoms with E-state index in [0.717, 1.165) is 5.57 Å². The van der Waals surface area contributed by atoms with Crippen molar-refractivity contribution in [2.75, 3.05) is 0 Å². The van der Waals surface area contributed by atoms with E-state index in [1.165, 1.54) is 0 Å². The van der Waals surface area contributed by atoms with Gasteiger partial charge in [-0.25, -0.2) is 8.42 Å². The smallest absolute Gasteiger partial charge is 0.215 e. The maximum atomic E-state index is 8.63. The Balaban J connectivity index is 0.000000217. The molecular formula is C7H8O4S. The van der Waals surface area contributed by atoms with Crippen molar-refractivity contribution in [1.29, 1.82) is 0 Å². The van der Waals surface area contributed by atoms with E-state index in [1.807, 2.05) is 30.7 Å². The molecule has 0 amide bonds. The van der Waals surface area contributed by atoms with Gasteiger partial charge in [0, 0.05) is 30.7 Å². The minimum absolute atomic E-state index is 1.07. The van der Waals surface area contributed by atoms with Crippen LogP contribution in [0.1, 0.15) is 0 Å². The molecule has 0 radical (unpaired) electrons. The molecule has 0 atom stereocenters. The second kappa shape index (κ2) is 4.76. The Bertz CT molecular complexity index is 289. The van der Waals surface area contributed by atoms with Crippen molar-refractivity contribution in [3.05, 3.63) is 42.9 Å². The van der Waals surface area contributed by atoms with E-state index in [9.17, 15) is 0 Å². The third kappa shape index (κ3) is 11.7. The molecule has 1 aliphatic rings. The van der Waals surface area contributed by atoms with Crippen molar-refractivity contribution in [1.82, 2.24) is 0 Å². The van der Waals surface area contributed by atoms with Crippen LogP contribution in [0.5, 0.6) is 0 Å². The summed E-state index contributed by atoms with van der Waals surface area (Å²) in [6, 6.07) is 0. The van der Waals surface area contributed by atoms with Crippen LogP contribution in [-0.4, -0.2) is 17.5 Å². The summed E-state index contributed by atoms with van der Waals surface area (Å²) in [5.41, 5.74) is 1.07. The summed E-state index contributed by atoms with van der Waals surface area (Å²) in [5.74, 6) is 0. The van der Waals surface area contributed by atoms with E-state index in [-0.39, 0.29) is 0 Å². The first-order valence-electron chi connectivity index (χ1n) is 2.95. The fourth-order valence-corrected chi connectivity index (χ4v) is 0.478. The Morgan fingerprint density at radius 3 is 2.17 bits per heavy atom. The van der Waals surface area contributed by atoms with Gasteiger partial charge in [-0.2, -0.15) is 0 Å². The van der Waals surface area contributed by atoms with E-state index in [0.29, 0.717) is 0 Å². The van der Waals surface area contributed by atoms with Crippen molar-refractivity contribution in [3.63, 3.8) is 0 Å². The van der Waals surface area contributed by atoms with Crippen LogP contribution in [0.2, 0.25) is 0 Å². The van der Waals surface area contributed by atoms with Gasteiger partial charge < -0.3 is 4.55 Å². The van der Waals surface area contributed by atoms with Crippen LogP contribution in [0.3, 0.4) is 0 Å². The Morgan fingerprint density at radius 2 is 2.00 bits per heavy atom. The van der Waals surface area contributed by atoms with E-state index in [2.05, 4.69) is 6.58 Å². The summed E-state index contributed by atoms with van der Waals surface area (Å²) in [5, 5.41) is 0. The lowest BCUT2D eigenvalue weighted by Crippen LogP contribution is -1.90. The van der Waals surface area contributed by atoms with Gasteiger partial charge in [-0.3, -0.25) is 4.55 Å². The molecular weight excluding hydrogens is 180 g/mol. The maximum Gasteiger partial charge on any atom is 0.215 e. The lowest BCUT2D eigenvalue weighted by Gasteiger charge is -1.88. The molecule has 0 saturated heterocycles. The van der Waals surface area contributed by atoms with Crippen molar-refractivity contribution in [2.24, 2.45) is 0 Å². The molecule has 1 N–H and O–H groups in total. The van der Waals surface area contributed by atoms with Gasteiger partial charge >= 0.3 is 0 Å². The molecule has 4 nitrogen and oxygen atoms in total. The molecule has 0 heterocycles. The van der Waals surface area contributed by atoms with Gasteiger partial charge in [0.05, 0.1) is 5.57 Å². The molecule has 12 heavy (non-hydrogen) atoms. The molecule has 1 rings (SSSR count). The fourth-order valence-electron chi connectivity index (χ4n) is 0.478. The number of rotatable bonds is 0. The largest absolute Gasteiger partial charge is 0.726 e. The Morgan fingerprint density at radius 1 is 1.50 bits per heavy atom. The number of hydrogen-bond donors (Lipinski definition) is 1. The number of allylic oxidation sites excluding steroid dienone is 5. The monoisotopic (exact) mass is 188 g/mol. The molecule has 0 saturated carbocycles. The molecule has 0 aliphatic heterocycles. The van der Waals surface area contributed by atoms with Crippen molar-refractivity contribution < 1.29 is 17.5 Å². The SMILES string of the molecule is C=C1C=CC=C[CH+]1.O=S(=O)([O-])O. The molecule has 0 bridgehead atoms. The van der Waals surface area contributed by atoms with E-state index >= 15 is 0 Å². The van der Waals surface area contributed by atoms with Gasteiger partial charge in [-0.05, 0) is 6.58 Å². The van der Waals surface area contributed by atoms with Crippen LogP contribution in [-0.2, 0) is 10.4 Å². The predicted octanol–water partition coefficient (Wildman–Crippen LogP) is 0.877. The third-order valence-corrected chi connectivity index (χ3v) is 0.843. The highest BCUT2D eigenvalue weighted by atomic mass is 32.3. The zero-order valence-electron chi connectivity index (χ0n) is 6.17. The molecule has 0 aromatic rings. The van der Waals surface area contributed by atoms with Gasteiger partial charge in [0.1, 0.15) is 0 Å². The first-order chi connectivity index (χ1) is 5.39. The van der Waals surface area contributed by atoms with Crippen molar-refractivity contribution >= 4 is 10.4 Å². The lowest BCUT2D eigenvalue weighted by atomic mass is 10.1. The Hall–Kier alpha value is -1.04. The van der Waals surface area contributed by atoms with E-state index in [4.69, 9.17) is 17.5 Å². The Kier molecular flexibility index (Phi) is 4.35. The lowest BCUT2D eigenvalue weighted by molar-refractivity contribution is 0.366. The van der Waals surface area contributed by atoms with Gasteiger partial charge in [0.2, 0.25) is 10.4 Å². The molecule has 5 heteroatoms. The van der Waals surface area contributed by atoms with Crippen molar-refractivity contribution in [2.45, 2.75) is 0 Å². The summed E-state index contributed by atoms with van der Waals surface area (Å²) >= 11 is 0. The topological polar surface area (TPSA) is 77.4 Å². The molecule has 0 fully saturated rings. The summed E-state index contributed by atoms with van der Waals surface area (Å²) in [6.45, 7) is 3.72. The molecule has 0 aromatic heterocycles. The second-order valence-electron chi connectivity index (χ2n) is 1.91. The first-order valence-corrected chi connectivity index (χ1v) is 4.31. The highest BCUT2D eigenvalue weighted by Gasteiger charge is 1.94. The van der Waals surface area contributed by atoms with Crippen LogP contribution in [0.4, 0.5) is 0 Å². The van der Waals surface area contributed by atoms with Gasteiger partial charge in [-0.15, -0.1) is 0 Å². The molecule has 0 spiro atoms. The normalized spacial score (nSPS) is 14.7. The molecule has 66 valence electrons. The molecule has 0 aromatic carbocycles. The summed E-state index contributed by atoms with van der Waals surface area (Å²) < 4.78 is 32.8. The standard InChI is InChI=1S/C7H7.H2O4S/c1-7-5-3-2-4-6-7;1-5(2,3)4/h2-6H,1H2;(H2,1,2,3,4)/q+1;/p-1. The maximum absolute atomic E-state index is 8.63. The molecule has 0 unspecified atom stereocenters.